The van der Waals surface area contributed by atoms with Crippen LogP contribution in [0.25, 0.3) is 0 Å². The van der Waals surface area contributed by atoms with Crippen molar-refractivity contribution in [3.05, 3.63) is 0 Å². The lowest BCUT2D eigenvalue weighted by Gasteiger charge is -2.04. The number of rotatable bonds is 14. The second-order valence-electron chi connectivity index (χ2n) is 5.02. The standard InChI is InChI=1S/C15H31NO2/c1-15(17)11-7-5-3-4-6-8-12-16-13-9-10-14-18-2/h16H,3-14H2,1-2H3. The van der Waals surface area contributed by atoms with Crippen LogP contribution >= 0.6 is 0 Å². The van der Waals surface area contributed by atoms with Gasteiger partial charge in [-0.05, 0) is 45.7 Å². The van der Waals surface area contributed by atoms with Crippen molar-refractivity contribution in [2.75, 3.05) is 26.8 Å². The molecule has 0 saturated carbocycles. The molecule has 0 spiro atoms. The number of hydrogen-bond donors (Lipinski definition) is 1. The van der Waals surface area contributed by atoms with Crippen LogP contribution in [0.2, 0.25) is 0 Å². The average Bonchev–Trinajstić information content (AvgIpc) is 2.34. The smallest absolute Gasteiger partial charge is 0.129 e. The molecule has 0 amide bonds. The number of Topliss-reactive ketones (excluding diaryl/α,β-unsaturated/α-hetero) is 1. The predicted octanol–water partition coefficient (Wildman–Crippen LogP) is 3.32. The molecule has 3 nitrogen and oxygen atoms in total. The fourth-order valence-corrected chi connectivity index (χ4v) is 1.95. The highest BCUT2D eigenvalue weighted by molar-refractivity contribution is 5.75. The topological polar surface area (TPSA) is 38.3 Å². The van der Waals surface area contributed by atoms with Crippen LogP contribution in [-0.4, -0.2) is 32.6 Å². The summed E-state index contributed by atoms with van der Waals surface area (Å²) in [6, 6.07) is 0. The molecule has 0 aromatic heterocycles. The lowest BCUT2D eigenvalue weighted by molar-refractivity contribution is -0.117. The van der Waals surface area contributed by atoms with Crippen LogP contribution in [0, 0.1) is 0 Å². The summed E-state index contributed by atoms with van der Waals surface area (Å²) >= 11 is 0. The van der Waals surface area contributed by atoms with Crippen LogP contribution in [-0.2, 0) is 9.53 Å². The highest BCUT2D eigenvalue weighted by atomic mass is 16.5. The van der Waals surface area contributed by atoms with Gasteiger partial charge in [0.1, 0.15) is 5.78 Å². The molecule has 108 valence electrons. The van der Waals surface area contributed by atoms with Gasteiger partial charge in [-0.1, -0.05) is 25.7 Å². The summed E-state index contributed by atoms with van der Waals surface area (Å²) in [5.41, 5.74) is 0. The van der Waals surface area contributed by atoms with E-state index in [0.717, 1.165) is 39.0 Å². The number of carbonyl (C=O) groups is 1. The Balaban J connectivity index is 2.92. The second kappa shape index (κ2) is 14.7. The zero-order chi connectivity index (χ0) is 13.5. The summed E-state index contributed by atoms with van der Waals surface area (Å²) in [4.78, 5) is 10.7. The van der Waals surface area contributed by atoms with Gasteiger partial charge in [-0.3, -0.25) is 0 Å². The molecule has 0 unspecified atom stereocenters. The fourth-order valence-electron chi connectivity index (χ4n) is 1.95. The Morgan fingerprint density at radius 3 is 2.06 bits per heavy atom. The maximum Gasteiger partial charge on any atom is 0.129 e. The van der Waals surface area contributed by atoms with Gasteiger partial charge in [0.2, 0.25) is 0 Å². The Kier molecular flexibility index (Phi) is 14.3. The van der Waals surface area contributed by atoms with Crippen molar-refractivity contribution in [3.63, 3.8) is 0 Å². The van der Waals surface area contributed by atoms with E-state index in [1.54, 1.807) is 14.0 Å². The zero-order valence-corrected chi connectivity index (χ0v) is 12.3. The number of methoxy groups -OCH3 is 1. The van der Waals surface area contributed by atoms with Gasteiger partial charge in [-0.25, -0.2) is 0 Å². The van der Waals surface area contributed by atoms with Gasteiger partial charge in [0.05, 0.1) is 0 Å². The molecule has 0 atom stereocenters. The van der Waals surface area contributed by atoms with Crippen molar-refractivity contribution in [3.8, 4) is 0 Å². The average molecular weight is 257 g/mol. The minimum Gasteiger partial charge on any atom is -0.385 e. The van der Waals surface area contributed by atoms with Gasteiger partial charge in [-0.2, -0.15) is 0 Å². The first-order valence-corrected chi connectivity index (χ1v) is 7.46. The predicted molar refractivity (Wildman–Crippen MR) is 77.0 cm³/mol. The summed E-state index contributed by atoms with van der Waals surface area (Å²) in [6.45, 7) is 4.81. The number of carbonyl (C=O) groups excluding carboxylic acids is 1. The highest BCUT2D eigenvalue weighted by Gasteiger charge is 1.94. The normalized spacial score (nSPS) is 10.8. The second-order valence-corrected chi connectivity index (χ2v) is 5.02. The summed E-state index contributed by atoms with van der Waals surface area (Å²) in [5, 5.41) is 3.46. The minimum absolute atomic E-state index is 0.327. The number of unbranched alkanes of at least 4 members (excludes halogenated alkanes) is 6. The fraction of sp³-hybridized carbons (Fsp3) is 0.933. The third-order valence-electron chi connectivity index (χ3n) is 3.08. The summed E-state index contributed by atoms with van der Waals surface area (Å²) in [6.07, 6.45) is 10.6. The lowest BCUT2D eigenvalue weighted by Crippen LogP contribution is -2.16. The van der Waals surface area contributed by atoms with Gasteiger partial charge in [0.15, 0.2) is 0 Å². The zero-order valence-electron chi connectivity index (χ0n) is 12.3. The Labute approximate surface area is 113 Å². The number of ketones is 1. The van der Waals surface area contributed by atoms with Crippen LogP contribution in [0.1, 0.15) is 64.7 Å². The molecule has 18 heavy (non-hydrogen) atoms. The number of ether oxygens (including phenoxy) is 1. The quantitative estimate of drug-likeness (QED) is 0.485. The molecule has 3 heteroatoms. The van der Waals surface area contributed by atoms with E-state index in [0.29, 0.717) is 5.78 Å². The van der Waals surface area contributed by atoms with E-state index in [9.17, 15) is 4.79 Å². The van der Waals surface area contributed by atoms with Gasteiger partial charge < -0.3 is 14.8 Å². The first-order chi connectivity index (χ1) is 8.77. The Morgan fingerprint density at radius 1 is 0.889 bits per heavy atom. The minimum atomic E-state index is 0.327. The molecule has 0 aliphatic carbocycles. The molecule has 0 aliphatic rings. The first-order valence-electron chi connectivity index (χ1n) is 7.46. The van der Waals surface area contributed by atoms with Gasteiger partial charge in [0.25, 0.3) is 0 Å². The Morgan fingerprint density at radius 2 is 1.44 bits per heavy atom. The van der Waals surface area contributed by atoms with Crippen molar-refractivity contribution in [1.29, 1.82) is 0 Å². The molecule has 0 rings (SSSR count). The molecule has 0 aliphatic heterocycles. The molecule has 0 fully saturated rings. The lowest BCUT2D eigenvalue weighted by atomic mass is 10.1. The van der Waals surface area contributed by atoms with E-state index < -0.39 is 0 Å². The Bertz CT molecular complexity index is 183. The molecular weight excluding hydrogens is 226 g/mol. The van der Waals surface area contributed by atoms with Crippen molar-refractivity contribution < 1.29 is 9.53 Å². The van der Waals surface area contributed by atoms with Crippen molar-refractivity contribution in [2.45, 2.75) is 64.7 Å². The van der Waals surface area contributed by atoms with Gasteiger partial charge in [0, 0.05) is 20.1 Å². The van der Waals surface area contributed by atoms with E-state index in [2.05, 4.69) is 5.32 Å². The number of hydrogen-bond acceptors (Lipinski definition) is 3. The van der Waals surface area contributed by atoms with Crippen molar-refractivity contribution in [2.24, 2.45) is 0 Å². The molecule has 0 radical (unpaired) electrons. The molecule has 0 saturated heterocycles. The summed E-state index contributed by atoms with van der Waals surface area (Å²) < 4.78 is 5.00. The van der Waals surface area contributed by atoms with E-state index in [-0.39, 0.29) is 0 Å². The van der Waals surface area contributed by atoms with E-state index in [4.69, 9.17) is 4.74 Å². The molecular formula is C15H31NO2. The molecule has 0 heterocycles. The maximum atomic E-state index is 10.7. The molecule has 0 bridgehead atoms. The molecule has 0 aromatic carbocycles. The van der Waals surface area contributed by atoms with E-state index >= 15 is 0 Å². The van der Waals surface area contributed by atoms with Gasteiger partial charge in [-0.15, -0.1) is 0 Å². The van der Waals surface area contributed by atoms with Crippen LogP contribution < -0.4 is 5.32 Å². The maximum absolute atomic E-state index is 10.7. The SMILES string of the molecule is COCCCCNCCCCCCCCC(C)=O. The van der Waals surface area contributed by atoms with Gasteiger partial charge >= 0.3 is 0 Å². The van der Waals surface area contributed by atoms with Crippen LogP contribution in [0.3, 0.4) is 0 Å². The third-order valence-corrected chi connectivity index (χ3v) is 3.08. The van der Waals surface area contributed by atoms with Crippen LogP contribution in [0.5, 0.6) is 0 Å². The van der Waals surface area contributed by atoms with E-state index in [1.165, 1.54) is 38.5 Å². The first kappa shape index (κ1) is 17.6. The van der Waals surface area contributed by atoms with Crippen LogP contribution in [0.15, 0.2) is 0 Å². The highest BCUT2D eigenvalue weighted by Crippen LogP contribution is 2.06. The van der Waals surface area contributed by atoms with Crippen LogP contribution in [0.4, 0.5) is 0 Å². The summed E-state index contributed by atoms with van der Waals surface area (Å²) in [5.74, 6) is 0.327. The van der Waals surface area contributed by atoms with Crippen molar-refractivity contribution >= 4 is 5.78 Å². The molecule has 1 N–H and O–H groups in total. The number of nitrogens with one attached hydrogen (secondary N) is 1. The Hall–Kier alpha value is -0.410. The summed E-state index contributed by atoms with van der Waals surface area (Å²) in [7, 11) is 1.75. The third kappa shape index (κ3) is 15.6. The molecule has 0 aromatic rings. The van der Waals surface area contributed by atoms with Crippen molar-refractivity contribution in [1.82, 2.24) is 5.32 Å². The monoisotopic (exact) mass is 257 g/mol. The van der Waals surface area contributed by atoms with E-state index in [1.807, 2.05) is 0 Å². The largest absolute Gasteiger partial charge is 0.385 e.